The molecule has 1 aromatic heterocycles. The van der Waals surface area contributed by atoms with Gasteiger partial charge in [-0.2, -0.15) is 5.10 Å². The average Bonchev–Trinajstić information content (AvgIpc) is 2.63. The molecule has 1 rings (SSSR count). The molecular weight excluding hydrogens is 234 g/mol. The molecule has 0 radical (unpaired) electrons. The molecule has 0 aliphatic rings. The summed E-state index contributed by atoms with van der Waals surface area (Å²) in [7, 11) is 0. The zero-order valence-corrected chi connectivity index (χ0v) is 12.1. The van der Waals surface area contributed by atoms with Crippen molar-refractivity contribution in [1.29, 1.82) is 0 Å². The summed E-state index contributed by atoms with van der Waals surface area (Å²) in [6, 6.07) is 0.529. The van der Waals surface area contributed by atoms with Crippen LogP contribution in [0.1, 0.15) is 51.9 Å². The Hall–Kier alpha value is -0.540. The minimum Gasteiger partial charge on any atom is -0.309 e. The Morgan fingerprint density at radius 2 is 2.06 bits per heavy atom. The molecule has 0 aliphatic carbocycles. The molecule has 0 fully saturated rings. The summed E-state index contributed by atoms with van der Waals surface area (Å²) in [5.41, 5.74) is 2.13. The topological polar surface area (TPSA) is 29.9 Å². The lowest BCUT2D eigenvalue weighted by Crippen LogP contribution is -2.26. The van der Waals surface area contributed by atoms with Crippen LogP contribution < -0.4 is 5.32 Å². The van der Waals surface area contributed by atoms with E-state index < -0.39 is 0 Å². The lowest BCUT2D eigenvalue weighted by molar-refractivity contribution is 0.487. The Morgan fingerprint density at radius 3 is 2.59 bits per heavy atom. The SMILES string of the molecule is CCCC(C)NCc1c(Cl)c(CC)nn1CC. The van der Waals surface area contributed by atoms with E-state index in [1.54, 1.807) is 0 Å². The quantitative estimate of drug-likeness (QED) is 0.812. The van der Waals surface area contributed by atoms with Gasteiger partial charge in [0.15, 0.2) is 0 Å². The molecule has 0 bridgehead atoms. The number of hydrogen-bond acceptors (Lipinski definition) is 2. The van der Waals surface area contributed by atoms with Crippen molar-refractivity contribution in [1.82, 2.24) is 15.1 Å². The van der Waals surface area contributed by atoms with Gasteiger partial charge in [-0.25, -0.2) is 0 Å². The molecule has 0 spiro atoms. The van der Waals surface area contributed by atoms with Crippen LogP contribution in [0.3, 0.4) is 0 Å². The Balaban J connectivity index is 2.72. The first-order valence-corrected chi connectivity index (χ1v) is 6.99. The van der Waals surface area contributed by atoms with E-state index in [9.17, 15) is 0 Å². The fraction of sp³-hybridized carbons (Fsp3) is 0.769. The second-order valence-electron chi connectivity index (χ2n) is 4.45. The van der Waals surface area contributed by atoms with Gasteiger partial charge in [-0.15, -0.1) is 0 Å². The smallest absolute Gasteiger partial charge is 0.0863 e. The highest BCUT2D eigenvalue weighted by Gasteiger charge is 2.14. The summed E-state index contributed by atoms with van der Waals surface area (Å²) < 4.78 is 2.01. The molecule has 0 amide bonds. The molecule has 0 saturated carbocycles. The molecule has 3 nitrogen and oxygen atoms in total. The van der Waals surface area contributed by atoms with Crippen molar-refractivity contribution in [3.05, 3.63) is 16.4 Å². The van der Waals surface area contributed by atoms with Crippen LogP contribution in [0, 0.1) is 0 Å². The molecule has 4 heteroatoms. The molecule has 17 heavy (non-hydrogen) atoms. The van der Waals surface area contributed by atoms with Crippen molar-refractivity contribution in [3.63, 3.8) is 0 Å². The van der Waals surface area contributed by atoms with E-state index >= 15 is 0 Å². The summed E-state index contributed by atoms with van der Waals surface area (Å²) in [4.78, 5) is 0. The fourth-order valence-corrected chi connectivity index (χ4v) is 2.33. The zero-order valence-electron chi connectivity index (χ0n) is 11.4. The van der Waals surface area contributed by atoms with Crippen molar-refractivity contribution in [2.45, 2.75) is 66.1 Å². The number of nitrogens with zero attached hydrogens (tertiary/aromatic N) is 2. The predicted molar refractivity (Wildman–Crippen MR) is 73.5 cm³/mol. The van der Waals surface area contributed by atoms with Gasteiger partial charge in [0.1, 0.15) is 0 Å². The summed E-state index contributed by atoms with van der Waals surface area (Å²) in [6.07, 6.45) is 3.29. The number of rotatable bonds is 7. The van der Waals surface area contributed by atoms with Gasteiger partial charge >= 0.3 is 0 Å². The molecule has 0 aliphatic heterocycles. The number of hydrogen-bond donors (Lipinski definition) is 1. The van der Waals surface area contributed by atoms with Crippen LogP contribution in [0.5, 0.6) is 0 Å². The summed E-state index contributed by atoms with van der Waals surface area (Å²) in [5, 5.41) is 8.86. The fourth-order valence-electron chi connectivity index (χ4n) is 1.99. The first-order chi connectivity index (χ1) is 8.13. The van der Waals surface area contributed by atoms with Gasteiger partial charge in [0.25, 0.3) is 0 Å². The third kappa shape index (κ3) is 3.71. The normalized spacial score (nSPS) is 13.0. The maximum Gasteiger partial charge on any atom is 0.0863 e. The highest BCUT2D eigenvalue weighted by molar-refractivity contribution is 6.31. The van der Waals surface area contributed by atoms with Crippen molar-refractivity contribution in [2.24, 2.45) is 0 Å². The number of aryl methyl sites for hydroxylation is 2. The van der Waals surface area contributed by atoms with Crippen molar-refractivity contribution in [3.8, 4) is 0 Å². The van der Waals surface area contributed by atoms with Gasteiger partial charge in [-0.1, -0.05) is 31.9 Å². The summed E-state index contributed by atoms with van der Waals surface area (Å²) >= 11 is 6.35. The van der Waals surface area contributed by atoms with Crippen molar-refractivity contribution >= 4 is 11.6 Å². The van der Waals surface area contributed by atoms with Gasteiger partial charge in [0, 0.05) is 19.1 Å². The van der Waals surface area contributed by atoms with Crippen LogP contribution >= 0.6 is 11.6 Å². The highest BCUT2D eigenvalue weighted by atomic mass is 35.5. The largest absolute Gasteiger partial charge is 0.309 e. The first kappa shape index (κ1) is 14.5. The number of halogens is 1. The van der Waals surface area contributed by atoms with E-state index in [-0.39, 0.29) is 0 Å². The van der Waals surface area contributed by atoms with Crippen LogP contribution in [-0.2, 0) is 19.5 Å². The third-order valence-corrected chi connectivity index (χ3v) is 3.47. The number of aromatic nitrogens is 2. The highest BCUT2D eigenvalue weighted by Crippen LogP contribution is 2.21. The van der Waals surface area contributed by atoms with E-state index in [4.69, 9.17) is 11.6 Å². The predicted octanol–water partition coefficient (Wildman–Crippen LogP) is 3.40. The average molecular weight is 258 g/mol. The van der Waals surface area contributed by atoms with Gasteiger partial charge < -0.3 is 5.32 Å². The molecule has 1 atom stereocenters. The molecule has 1 heterocycles. The second-order valence-corrected chi connectivity index (χ2v) is 4.83. The standard InChI is InChI=1S/C13H24ClN3/c1-5-8-10(4)15-9-12-13(14)11(6-2)16-17(12)7-3/h10,15H,5-9H2,1-4H3. The molecule has 1 aromatic rings. The Kier molecular flexibility index (Phi) is 6.00. The molecule has 1 unspecified atom stereocenters. The number of nitrogens with one attached hydrogen (secondary N) is 1. The van der Waals surface area contributed by atoms with E-state index in [1.165, 1.54) is 12.8 Å². The van der Waals surface area contributed by atoms with Gasteiger partial charge in [0.05, 0.1) is 16.4 Å². The summed E-state index contributed by atoms with van der Waals surface area (Å²) in [6.45, 7) is 10.3. The maximum atomic E-state index is 6.35. The van der Waals surface area contributed by atoms with Gasteiger partial charge in [0.2, 0.25) is 0 Å². The Labute approximate surface area is 110 Å². The van der Waals surface area contributed by atoms with E-state index in [2.05, 4.69) is 38.1 Å². The van der Waals surface area contributed by atoms with Gasteiger partial charge in [-0.3, -0.25) is 4.68 Å². The maximum absolute atomic E-state index is 6.35. The molecule has 98 valence electrons. The molecular formula is C13H24ClN3. The van der Waals surface area contributed by atoms with Crippen molar-refractivity contribution in [2.75, 3.05) is 0 Å². The summed E-state index contributed by atoms with van der Waals surface area (Å²) in [5.74, 6) is 0. The Morgan fingerprint density at radius 1 is 1.35 bits per heavy atom. The first-order valence-electron chi connectivity index (χ1n) is 6.61. The minimum absolute atomic E-state index is 0.529. The van der Waals surface area contributed by atoms with Crippen LogP contribution in [0.4, 0.5) is 0 Å². The monoisotopic (exact) mass is 257 g/mol. The van der Waals surface area contributed by atoms with E-state index in [0.29, 0.717) is 6.04 Å². The molecule has 0 aromatic carbocycles. The van der Waals surface area contributed by atoms with Crippen LogP contribution in [0.25, 0.3) is 0 Å². The van der Waals surface area contributed by atoms with Crippen molar-refractivity contribution < 1.29 is 0 Å². The second kappa shape index (κ2) is 7.02. The van der Waals surface area contributed by atoms with Gasteiger partial charge in [-0.05, 0) is 26.7 Å². The van der Waals surface area contributed by atoms with E-state index in [0.717, 1.165) is 35.9 Å². The zero-order chi connectivity index (χ0) is 12.8. The van der Waals surface area contributed by atoms with E-state index in [1.807, 2.05) is 4.68 Å². The van der Waals surface area contributed by atoms with Crippen LogP contribution in [0.15, 0.2) is 0 Å². The lowest BCUT2D eigenvalue weighted by atomic mass is 10.2. The minimum atomic E-state index is 0.529. The molecule has 0 saturated heterocycles. The molecule has 1 N–H and O–H groups in total. The van der Waals surface area contributed by atoms with Crippen LogP contribution in [0.2, 0.25) is 5.02 Å². The lowest BCUT2D eigenvalue weighted by Gasteiger charge is -2.13. The van der Waals surface area contributed by atoms with Crippen LogP contribution in [-0.4, -0.2) is 15.8 Å². The Bertz CT molecular complexity index is 347. The third-order valence-electron chi connectivity index (χ3n) is 3.03.